The normalized spacial score (nSPS) is 26.8. The van der Waals surface area contributed by atoms with Gasteiger partial charge in [-0.15, -0.1) is 5.10 Å². The van der Waals surface area contributed by atoms with Gasteiger partial charge in [0.05, 0.1) is 11.7 Å². The Balaban J connectivity index is 2.13. The second-order valence-electron chi connectivity index (χ2n) is 4.60. The third-order valence-corrected chi connectivity index (χ3v) is 3.64. The van der Waals surface area contributed by atoms with E-state index >= 15 is 0 Å². The topological polar surface area (TPSA) is 56.7 Å². The standard InChI is InChI=1S/C11H20N4/c1-3-9-5-4-6-10(7-9)15-8(2)11(12)13-14-15/h9-10H,3-7,12H2,1-2H3. The minimum Gasteiger partial charge on any atom is -0.381 e. The summed E-state index contributed by atoms with van der Waals surface area (Å²) in [6.07, 6.45) is 6.42. The molecule has 0 spiro atoms. The molecule has 1 aliphatic rings. The van der Waals surface area contributed by atoms with E-state index in [1.807, 2.05) is 11.6 Å². The molecule has 2 N–H and O–H groups in total. The summed E-state index contributed by atoms with van der Waals surface area (Å²) < 4.78 is 2.02. The summed E-state index contributed by atoms with van der Waals surface area (Å²) in [6.45, 7) is 4.28. The second-order valence-corrected chi connectivity index (χ2v) is 4.60. The van der Waals surface area contributed by atoms with Gasteiger partial charge in [0.1, 0.15) is 0 Å². The van der Waals surface area contributed by atoms with Gasteiger partial charge in [0.2, 0.25) is 0 Å². The molecule has 0 aliphatic heterocycles. The fourth-order valence-electron chi connectivity index (χ4n) is 2.56. The van der Waals surface area contributed by atoms with E-state index in [4.69, 9.17) is 5.73 Å². The zero-order valence-corrected chi connectivity index (χ0v) is 9.61. The molecule has 2 atom stereocenters. The average molecular weight is 208 g/mol. The van der Waals surface area contributed by atoms with Crippen LogP contribution < -0.4 is 5.73 Å². The first-order valence-corrected chi connectivity index (χ1v) is 5.89. The van der Waals surface area contributed by atoms with Gasteiger partial charge in [0, 0.05) is 0 Å². The number of rotatable bonds is 2. The molecule has 84 valence electrons. The molecule has 15 heavy (non-hydrogen) atoms. The molecule has 1 saturated carbocycles. The van der Waals surface area contributed by atoms with Crippen LogP contribution in [0.3, 0.4) is 0 Å². The van der Waals surface area contributed by atoms with Crippen molar-refractivity contribution in [3.8, 4) is 0 Å². The number of nitrogens with two attached hydrogens (primary N) is 1. The summed E-state index contributed by atoms with van der Waals surface area (Å²) in [5.74, 6) is 1.43. The van der Waals surface area contributed by atoms with E-state index in [9.17, 15) is 0 Å². The number of anilines is 1. The van der Waals surface area contributed by atoms with E-state index in [0.29, 0.717) is 11.9 Å². The van der Waals surface area contributed by atoms with E-state index in [-0.39, 0.29) is 0 Å². The molecular formula is C11H20N4. The number of aromatic nitrogens is 3. The van der Waals surface area contributed by atoms with Crippen LogP contribution in [0.2, 0.25) is 0 Å². The van der Waals surface area contributed by atoms with Crippen molar-refractivity contribution >= 4 is 5.82 Å². The van der Waals surface area contributed by atoms with E-state index in [2.05, 4.69) is 17.2 Å². The van der Waals surface area contributed by atoms with Crippen molar-refractivity contribution in [1.29, 1.82) is 0 Å². The van der Waals surface area contributed by atoms with Gasteiger partial charge < -0.3 is 5.73 Å². The van der Waals surface area contributed by atoms with Crippen LogP contribution in [0.15, 0.2) is 0 Å². The third kappa shape index (κ3) is 1.98. The zero-order chi connectivity index (χ0) is 10.8. The number of hydrogen-bond acceptors (Lipinski definition) is 3. The highest BCUT2D eigenvalue weighted by Gasteiger charge is 2.24. The van der Waals surface area contributed by atoms with E-state index in [1.54, 1.807) is 0 Å². The molecule has 4 heteroatoms. The minimum atomic E-state index is 0.522. The molecule has 1 aromatic heterocycles. The minimum absolute atomic E-state index is 0.522. The molecule has 0 bridgehead atoms. The van der Waals surface area contributed by atoms with Crippen LogP contribution in [0, 0.1) is 12.8 Å². The van der Waals surface area contributed by atoms with Crippen molar-refractivity contribution < 1.29 is 0 Å². The Kier molecular flexibility index (Phi) is 2.93. The predicted octanol–water partition coefficient (Wildman–Crippen LogP) is 2.31. The summed E-state index contributed by atoms with van der Waals surface area (Å²) in [5.41, 5.74) is 6.74. The van der Waals surface area contributed by atoms with Crippen molar-refractivity contribution in [3.63, 3.8) is 0 Å². The highest BCUT2D eigenvalue weighted by molar-refractivity contribution is 5.31. The van der Waals surface area contributed by atoms with Crippen molar-refractivity contribution in [1.82, 2.24) is 15.0 Å². The van der Waals surface area contributed by atoms with Crippen LogP contribution in [0.4, 0.5) is 5.82 Å². The maximum atomic E-state index is 5.72. The Morgan fingerprint density at radius 1 is 1.47 bits per heavy atom. The zero-order valence-electron chi connectivity index (χ0n) is 9.61. The lowest BCUT2D eigenvalue weighted by Gasteiger charge is -2.28. The largest absolute Gasteiger partial charge is 0.381 e. The Labute approximate surface area is 90.8 Å². The predicted molar refractivity (Wildman–Crippen MR) is 60.5 cm³/mol. The monoisotopic (exact) mass is 208 g/mol. The highest BCUT2D eigenvalue weighted by atomic mass is 15.5. The second kappa shape index (κ2) is 4.21. The van der Waals surface area contributed by atoms with E-state index in [0.717, 1.165) is 11.6 Å². The summed E-state index contributed by atoms with van der Waals surface area (Å²) >= 11 is 0. The van der Waals surface area contributed by atoms with Crippen LogP contribution >= 0.6 is 0 Å². The summed E-state index contributed by atoms with van der Waals surface area (Å²) in [5, 5.41) is 8.08. The molecule has 1 aliphatic carbocycles. The molecule has 2 unspecified atom stereocenters. The lowest BCUT2D eigenvalue weighted by molar-refractivity contribution is 0.242. The fraction of sp³-hybridized carbons (Fsp3) is 0.818. The number of nitrogen functional groups attached to an aromatic ring is 1. The Hall–Kier alpha value is -1.06. The van der Waals surface area contributed by atoms with Gasteiger partial charge in [-0.2, -0.15) is 0 Å². The van der Waals surface area contributed by atoms with E-state index < -0.39 is 0 Å². The lowest BCUT2D eigenvalue weighted by Crippen LogP contribution is -2.20. The van der Waals surface area contributed by atoms with Gasteiger partial charge in [-0.3, -0.25) is 0 Å². The van der Waals surface area contributed by atoms with Crippen LogP contribution in [0.1, 0.15) is 50.8 Å². The van der Waals surface area contributed by atoms with Gasteiger partial charge in [0.25, 0.3) is 0 Å². The lowest BCUT2D eigenvalue weighted by atomic mass is 9.84. The maximum Gasteiger partial charge on any atom is 0.168 e. The first-order valence-electron chi connectivity index (χ1n) is 5.89. The van der Waals surface area contributed by atoms with Crippen molar-refractivity contribution in [2.45, 2.75) is 52.0 Å². The summed E-state index contributed by atoms with van der Waals surface area (Å²) in [7, 11) is 0. The highest BCUT2D eigenvalue weighted by Crippen LogP contribution is 2.34. The van der Waals surface area contributed by atoms with Gasteiger partial charge >= 0.3 is 0 Å². The molecule has 0 amide bonds. The molecule has 1 aromatic rings. The fourth-order valence-corrected chi connectivity index (χ4v) is 2.56. The Morgan fingerprint density at radius 2 is 2.27 bits per heavy atom. The van der Waals surface area contributed by atoms with Gasteiger partial charge in [0.15, 0.2) is 5.82 Å². The third-order valence-electron chi connectivity index (χ3n) is 3.64. The molecule has 4 nitrogen and oxygen atoms in total. The van der Waals surface area contributed by atoms with Crippen molar-refractivity contribution in [3.05, 3.63) is 5.69 Å². The number of nitrogens with zero attached hydrogens (tertiary/aromatic N) is 3. The van der Waals surface area contributed by atoms with Gasteiger partial charge in [-0.05, 0) is 25.7 Å². The molecule has 0 saturated heterocycles. The maximum absolute atomic E-state index is 5.72. The summed E-state index contributed by atoms with van der Waals surface area (Å²) in [6, 6.07) is 0.522. The number of hydrogen-bond donors (Lipinski definition) is 1. The first-order chi connectivity index (χ1) is 7.22. The molecule has 2 rings (SSSR count). The average Bonchev–Trinajstić information content (AvgIpc) is 2.60. The van der Waals surface area contributed by atoms with Gasteiger partial charge in [-0.1, -0.05) is 31.4 Å². The van der Waals surface area contributed by atoms with Crippen LogP contribution in [0.5, 0.6) is 0 Å². The van der Waals surface area contributed by atoms with Crippen LogP contribution in [-0.4, -0.2) is 15.0 Å². The van der Waals surface area contributed by atoms with Crippen molar-refractivity contribution in [2.75, 3.05) is 5.73 Å². The molecule has 0 aromatic carbocycles. The Bertz CT molecular complexity index is 331. The molecule has 0 radical (unpaired) electrons. The molecule has 1 fully saturated rings. The van der Waals surface area contributed by atoms with Gasteiger partial charge in [-0.25, -0.2) is 4.68 Å². The smallest absolute Gasteiger partial charge is 0.168 e. The quantitative estimate of drug-likeness (QED) is 0.811. The SMILES string of the molecule is CCC1CCCC(n2nnc(N)c2C)C1. The van der Waals surface area contributed by atoms with Crippen LogP contribution in [-0.2, 0) is 0 Å². The Morgan fingerprint density at radius 3 is 2.87 bits per heavy atom. The molecule has 1 heterocycles. The van der Waals surface area contributed by atoms with Crippen LogP contribution in [0.25, 0.3) is 0 Å². The molecular weight excluding hydrogens is 188 g/mol. The summed E-state index contributed by atoms with van der Waals surface area (Å²) in [4.78, 5) is 0. The van der Waals surface area contributed by atoms with Crippen molar-refractivity contribution in [2.24, 2.45) is 5.92 Å². The first kappa shape index (κ1) is 10.5. The van der Waals surface area contributed by atoms with E-state index in [1.165, 1.54) is 32.1 Å².